The van der Waals surface area contributed by atoms with E-state index in [0.29, 0.717) is 5.92 Å². The van der Waals surface area contributed by atoms with Gasteiger partial charge < -0.3 is 0 Å². The van der Waals surface area contributed by atoms with Crippen LogP contribution in [0.3, 0.4) is 0 Å². The van der Waals surface area contributed by atoms with Gasteiger partial charge in [0.2, 0.25) is 0 Å². The Morgan fingerprint density at radius 1 is 1.64 bits per heavy atom. The van der Waals surface area contributed by atoms with E-state index in [0.717, 1.165) is 5.84 Å². The first-order valence-corrected chi connectivity index (χ1v) is 4.07. The molecule has 0 aliphatic carbocycles. The van der Waals surface area contributed by atoms with Gasteiger partial charge >= 0.3 is 0 Å². The predicted molar refractivity (Wildman–Crippen MR) is 45.5 cm³/mol. The molecule has 1 unspecified atom stereocenters. The van der Waals surface area contributed by atoms with E-state index < -0.39 is 0 Å². The molecule has 0 aromatic carbocycles. The van der Waals surface area contributed by atoms with Crippen molar-refractivity contribution in [2.24, 2.45) is 11.0 Å². The molecule has 0 bridgehead atoms. The maximum Gasteiger partial charge on any atom is 0.142 e. The molecule has 1 atom stereocenters. The number of nitrogens with zero attached hydrogens (tertiary/aromatic N) is 2. The minimum absolute atomic E-state index is 0.525. The summed E-state index contributed by atoms with van der Waals surface area (Å²) in [5.74, 6) is 1.56. The number of amidine groups is 1. The van der Waals surface area contributed by atoms with Crippen LogP contribution in [0.25, 0.3) is 0 Å². The van der Waals surface area contributed by atoms with Gasteiger partial charge in [0, 0.05) is 13.0 Å². The minimum Gasteiger partial charge on any atom is -0.286 e. The van der Waals surface area contributed by atoms with E-state index >= 15 is 0 Å². The fraction of sp³-hybridized carbons (Fsp3) is 0.857. The highest BCUT2D eigenvalue weighted by molar-refractivity contribution is 5.84. The van der Waals surface area contributed by atoms with Gasteiger partial charge in [-0.25, -0.2) is 5.53 Å². The second-order valence-corrected chi connectivity index (χ2v) is 2.96. The SMILES string of the molecule is CCCC(C)C1=NNN(C)N1. The molecule has 0 spiro atoms. The van der Waals surface area contributed by atoms with Gasteiger partial charge in [-0.3, -0.25) is 5.43 Å². The first kappa shape index (κ1) is 8.33. The molecule has 0 saturated heterocycles. The summed E-state index contributed by atoms with van der Waals surface area (Å²) in [6.07, 6.45) is 2.38. The Hall–Kier alpha value is -0.770. The lowest BCUT2D eigenvalue weighted by atomic mass is 10.1. The molecule has 0 radical (unpaired) electrons. The molecule has 0 aromatic rings. The molecule has 11 heavy (non-hydrogen) atoms. The van der Waals surface area contributed by atoms with E-state index in [-0.39, 0.29) is 0 Å². The summed E-state index contributed by atoms with van der Waals surface area (Å²) in [5, 5.41) is 5.87. The second kappa shape index (κ2) is 3.57. The Morgan fingerprint density at radius 3 is 2.82 bits per heavy atom. The van der Waals surface area contributed by atoms with Gasteiger partial charge in [-0.1, -0.05) is 20.3 Å². The molecule has 1 aliphatic heterocycles. The molecule has 0 saturated carbocycles. The fourth-order valence-electron chi connectivity index (χ4n) is 1.14. The van der Waals surface area contributed by atoms with Crippen molar-refractivity contribution >= 4 is 5.84 Å². The lowest BCUT2D eigenvalue weighted by Gasteiger charge is -2.12. The van der Waals surface area contributed by atoms with Crippen molar-refractivity contribution < 1.29 is 0 Å². The highest BCUT2D eigenvalue weighted by Gasteiger charge is 2.15. The van der Waals surface area contributed by atoms with Crippen molar-refractivity contribution in [3.05, 3.63) is 0 Å². The third-order valence-corrected chi connectivity index (χ3v) is 1.79. The molecule has 1 rings (SSSR count). The van der Waals surface area contributed by atoms with Crippen LogP contribution in [-0.4, -0.2) is 18.0 Å². The van der Waals surface area contributed by atoms with Crippen molar-refractivity contribution in [2.45, 2.75) is 26.7 Å². The molecule has 4 nitrogen and oxygen atoms in total. The normalized spacial score (nSPS) is 20.5. The monoisotopic (exact) mass is 156 g/mol. The van der Waals surface area contributed by atoms with E-state index in [4.69, 9.17) is 0 Å². The number of nitrogens with one attached hydrogen (secondary N) is 2. The summed E-state index contributed by atoms with van der Waals surface area (Å²) < 4.78 is 0. The maximum atomic E-state index is 4.12. The quantitative estimate of drug-likeness (QED) is 0.631. The smallest absolute Gasteiger partial charge is 0.142 e. The summed E-state index contributed by atoms with van der Waals surface area (Å²) in [6.45, 7) is 4.36. The summed E-state index contributed by atoms with van der Waals surface area (Å²) >= 11 is 0. The number of rotatable bonds is 3. The van der Waals surface area contributed by atoms with Gasteiger partial charge in [0.25, 0.3) is 0 Å². The lowest BCUT2D eigenvalue weighted by Crippen LogP contribution is -2.39. The summed E-state index contributed by atoms with van der Waals surface area (Å²) in [5.41, 5.74) is 5.93. The van der Waals surface area contributed by atoms with Crippen molar-refractivity contribution in [2.75, 3.05) is 7.05 Å². The molecule has 1 aliphatic rings. The van der Waals surface area contributed by atoms with Crippen LogP contribution < -0.4 is 11.0 Å². The predicted octanol–water partition coefficient (Wildman–Crippen LogP) is 0.691. The van der Waals surface area contributed by atoms with Gasteiger partial charge in [-0.2, -0.15) is 0 Å². The van der Waals surface area contributed by atoms with Gasteiger partial charge in [0.15, 0.2) is 0 Å². The van der Waals surface area contributed by atoms with E-state index in [1.54, 1.807) is 5.12 Å². The molecule has 0 aromatic heterocycles. The molecule has 0 fully saturated rings. The highest BCUT2D eigenvalue weighted by Crippen LogP contribution is 2.07. The average Bonchev–Trinajstić information content (AvgIpc) is 2.36. The van der Waals surface area contributed by atoms with Crippen LogP contribution in [-0.2, 0) is 0 Å². The summed E-state index contributed by atoms with van der Waals surface area (Å²) in [4.78, 5) is 0. The second-order valence-electron chi connectivity index (χ2n) is 2.96. The summed E-state index contributed by atoms with van der Waals surface area (Å²) in [6, 6.07) is 0. The van der Waals surface area contributed by atoms with Gasteiger partial charge in [0.05, 0.1) is 0 Å². The van der Waals surface area contributed by atoms with E-state index in [1.807, 2.05) is 7.05 Å². The number of hydrazine groups is 2. The van der Waals surface area contributed by atoms with Gasteiger partial charge in [0.1, 0.15) is 5.84 Å². The molecule has 1 heterocycles. The first-order chi connectivity index (χ1) is 5.24. The Balaban J connectivity index is 2.36. The maximum absolute atomic E-state index is 4.12. The zero-order valence-corrected chi connectivity index (χ0v) is 7.39. The molecule has 0 amide bonds. The van der Waals surface area contributed by atoms with Crippen LogP contribution in [0.1, 0.15) is 26.7 Å². The third kappa shape index (κ3) is 2.08. The Kier molecular flexibility index (Phi) is 2.70. The Labute approximate surface area is 67.6 Å². The summed E-state index contributed by atoms with van der Waals surface area (Å²) in [7, 11) is 1.90. The highest BCUT2D eigenvalue weighted by atomic mass is 15.9. The van der Waals surface area contributed by atoms with Crippen molar-refractivity contribution in [1.29, 1.82) is 0 Å². The zero-order chi connectivity index (χ0) is 8.27. The van der Waals surface area contributed by atoms with Crippen LogP contribution in [0.4, 0.5) is 0 Å². The molecule has 2 N–H and O–H groups in total. The van der Waals surface area contributed by atoms with Gasteiger partial charge in [-0.05, 0) is 6.42 Å². The largest absolute Gasteiger partial charge is 0.286 e. The van der Waals surface area contributed by atoms with Crippen molar-refractivity contribution in [3.63, 3.8) is 0 Å². The molecular formula is C7H16N4. The Bertz CT molecular complexity index is 155. The van der Waals surface area contributed by atoms with E-state index in [2.05, 4.69) is 29.9 Å². The molecule has 64 valence electrons. The van der Waals surface area contributed by atoms with E-state index in [1.165, 1.54) is 12.8 Å². The first-order valence-electron chi connectivity index (χ1n) is 4.07. The van der Waals surface area contributed by atoms with Crippen LogP contribution in [0, 0.1) is 5.92 Å². The molecule has 4 heteroatoms. The number of hydrazone groups is 1. The van der Waals surface area contributed by atoms with Crippen LogP contribution in [0.5, 0.6) is 0 Å². The lowest BCUT2D eigenvalue weighted by molar-refractivity contribution is 0.230. The Morgan fingerprint density at radius 2 is 2.36 bits per heavy atom. The van der Waals surface area contributed by atoms with Crippen molar-refractivity contribution in [3.8, 4) is 0 Å². The van der Waals surface area contributed by atoms with Gasteiger partial charge in [-0.15, -0.1) is 10.2 Å². The van der Waals surface area contributed by atoms with Crippen LogP contribution >= 0.6 is 0 Å². The fourth-order valence-corrected chi connectivity index (χ4v) is 1.14. The minimum atomic E-state index is 0.525. The standard InChI is InChI=1S/C7H16N4/c1-4-5-6(2)7-8-10-11(3)9-7/h6,10H,4-5H2,1-3H3,(H,8,9). The van der Waals surface area contributed by atoms with Crippen LogP contribution in [0.2, 0.25) is 0 Å². The number of hydrogen-bond donors (Lipinski definition) is 2. The van der Waals surface area contributed by atoms with E-state index in [9.17, 15) is 0 Å². The third-order valence-electron chi connectivity index (χ3n) is 1.79. The topological polar surface area (TPSA) is 39.7 Å². The van der Waals surface area contributed by atoms with Crippen LogP contribution in [0.15, 0.2) is 5.10 Å². The van der Waals surface area contributed by atoms with Crippen molar-refractivity contribution in [1.82, 2.24) is 16.1 Å². The zero-order valence-electron chi connectivity index (χ0n) is 7.39. The molecular weight excluding hydrogens is 140 g/mol. The number of hydrogen-bond acceptors (Lipinski definition) is 4. The average molecular weight is 156 g/mol.